The second-order valence-electron chi connectivity index (χ2n) is 8.59. The molecule has 0 aromatic heterocycles. The number of ether oxygens (including phenoxy) is 2. The van der Waals surface area contributed by atoms with Crippen LogP contribution >= 0.6 is 0 Å². The van der Waals surface area contributed by atoms with Crippen LogP contribution in [0.25, 0.3) is 0 Å². The number of hydrogen-bond donors (Lipinski definition) is 1. The molecule has 9 heteroatoms. The molecule has 4 heterocycles. The van der Waals surface area contributed by atoms with Crippen molar-refractivity contribution in [2.45, 2.75) is 12.8 Å². The molecule has 2 fully saturated rings. The second kappa shape index (κ2) is 7.81. The van der Waals surface area contributed by atoms with E-state index in [9.17, 15) is 14.4 Å². The van der Waals surface area contributed by atoms with Gasteiger partial charge in [0.2, 0.25) is 5.69 Å². The third-order valence-corrected chi connectivity index (χ3v) is 6.68. The number of anilines is 2. The highest BCUT2D eigenvalue weighted by Crippen LogP contribution is 2.38. The molecule has 2 aromatic rings. The van der Waals surface area contributed by atoms with E-state index >= 15 is 0 Å². The van der Waals surface area contributed by atoms with Gasteiger partial charge in [0.05, 0.1) is 13.2 Å². The summed E-state index contributed by atoms with van der Waals surface area (Å²) in [5.41, 5.74) is 10.5. The summed E-state index contributed by atoms with van der Waals surface area (Å²) in [5.74, 6) is 0.0197. The van der Waals surface area contributed by atoms with Gasteiger partial charge in [-0.15, -0.1) is 4.58 Å². The Bertz CT molecular complexity index is 1310. The molecule has 34 heavy (non-hydrogen) atoms. The van der Waals surface area contributed by atoms with Crippen LogP contribution in [0, 0.1) is 0 Å². The first-order chi connectivity index (χ1) is 16.5. The maximum absolute atomic E-state index is 13.6. The maximum Gasteiger partial charge on any atom is 0.324 e. The number of nitrogens with two attached hydrogens (primary N) is 1. The molecular weight excluding hydrogens is 436 g/mol. The van der Waals surface area contributed by atoms with Gasteiger partial charge in [-0.1, -0.05) is 0 Å². The smallest absolute Gasteiger partial charge is 0.324 e. The lowest BCUT2D eigenvalue weighted by molar-refractivity contribution is -0.392. The Labute approximate surface area is 195 Å². The van der Waals surface area contributed by atoms with Crippen molar-refractivity contribution in [3.63, 3.8) is 0 Å². The number of rotatable bonds is 4. The fourth-order valence-electron chi connectivity index (χ4n) is 5.03. The number of benzene rings is 2. The number of primary amides is 1. The molecule has 6 rings (SSSR count). The number of piperidine rings is 1. The van der Waals surface area contributed by atoms with Gasteiger partial charge in [-0.3, -0.25) is 14.4 Å². The lowest BCUT2D eigenvalue weighted by atomic mass is 9.90. The van der Waals surface area contributed by atoms with E-state index in [-0.39, 0.29) is 18.4 Å². The van der Waals surface area contributed by atoms with Crippen molar-refractivity contribution >= 4 is 40.5 Å². The van der Waals surface area contributed by atoms with Crippen LogP contribution in [0.3, 0.4) is 0 Å². The van der Waals surface area contributed by atoms with E-state index in [1.165, 1.54) is 0 Å². The molecule has 0 atom stereocenters. The van der Waals surface area contributed by atoms with Crippen molar-refractivity contribution in [1.29, 1.82) is 0 Å². The fourth-order valence-corrected chi connectivity index (χ4v) is 5.03. The SMILES string of the molecule is NC(=O)C1=C2CCN(c3ccc(N4CCOCC4=O)cc3)C(=O)C2=[N+]1c1ccc2c(c1)CCO2. The molecule has 0 unspecified atom stereocenters. The second-order valence-corrected chi connectivity index (χ2v) is 8.59. The van der Waals surface area contributed by atoms with E-state index in [1.54, 1.807) is 14.4 Å². The zero-order chi connectivity index (χ0) is 23.4. The van der Waals surface area contributed by atoms with E-state index < -0.39 is 5.91 Å². The highest BCUT2D eigenvalue weighted by molar-refractivity contribution is 6.50. The lowest BCUT2D eigenvalue weighted by Crippen LogP contribution is -2.52. The first-order valence-electron chi connectivity index (χ1n) is 11.3. The van der Waals surface area contributed by atoms with E-state index in [4.69, 9.17) is 15.2 Å². The van der Waals surface area contributed by atoms with Crippen molar-refractivity contribution in [2.24, 2.45) is 5.73 Å². The molecular formula is C25H23N4O5+. The Morgan fingerprint density at radius 3 is 2.44 bits per heavy atom. The van der Waals surface area contributed by atoms with Crippen molar-refractivity contribution < 1.29 is 28.4 Å². The van der Waals surface area contributed by atoms with Crippen molar-refractivity contribution in [3.8, 4) is 5.75 Å². The Morgan fingerprint density at radius 1 is 0.941 bits per heavy atom. The zero-order valence-corrected chi connectivity index (χ0v) is 18.5. The molecule has 4 aliphatic rings. The third kappa shape index (κ3) is 3.12. The number of hydrogen-bond acceptors (Lipinski definition) is 5. The number of fused-ring (bicyclic) bond motifs is 2. The van der Waals surface area contributed by atoms with E-state index in [0.717, 1.165) is 34.8 Å². The molecule has 2 N–H and O–H groups in total. The standard InChI is InChI=1S/C25H22N4O5/c26-24(31)22-19-7-9-28(17-3-1-16(2-4-17)27-10-12-33-14-21(27)30)25(32)23(19)29(22)18-5-6-20-15(13-18)8-11-34-20/h1-6,13H,7-12,14H2,(H-,26,31)/p+1. The predicted molar refractivity (Wildman–Crippen MR) is 123 cm³/mol. The lowest BCUT2D eigenvalue weighted by Gasteiger charge is -2.32. The summed E-state index contributed by atoms with van der Waals surface area (Å²) in [6.07, 6.45) is 1.32. The fraction of sp³-hybridized carbons (Fsp3) is 0.280. The number of amides is 3. The van der Waals surface area contributed by atoms with Crippen molar-refractivity contribution in [2.75, 3.05) is 42.7 Å². The minimum atomic E-state index is -0.545. The summed E-state index contributed by atoms with van der Waals surface area (Å²) in [6, 6.07) is 13.0. The summed E-state index contributed by atoms with van der Waals surface area (Å²) >= 11 is 0. The highest BCUT2D eigenvalue weighted by atomic mass is 16.5. The highest BCUT2D eigenvalue weighted by Gasteiger charge is 2.51. The molecule has 2 saturated heterocycles. The Hall–Kier alpha value is -3.98. The first-order valence-corrected chi connectivity index (χ1v) is 11.3. The minimum Gasteiger partial charge on any atom is -0.493 e. The van der Waals surface area contributed by atoms with Crippen LogP contribution in [-0.2, 0) is 25.5 Å². The van der Waals surface area contributed by atoms with E-state index in [0.29, 0.717) is 49.7 Å². The summed E-state index contributed by atoms with van der Waals surface area (Å²) < 4.78 is 12.5. The zero-order valence-electron chi connectivity index (χ0n) is 18.5. The van der Waals surface area contributed by atoms with Crippen LogP contribution in [0.4, 0.5) is 17.1 Å². The van der Waals surface area contributed by atoms with Gasteiger partial charge in [0, 0.05) is 55.0 Å². The monoisotopic (exact) mass is 459 g/mol. The maximum atomic E-state index is 13.6. The quantitative estimate of drug-likeness (QED) is 0.693. The third-order valence-electron chi connectivity index (χ3n) is 6.68. The van der Waals surface area contributed by atoms with Gasteiger partial charge in [0.1, 0.15) is 17.9 Å². The minimum absolute atomic E-state index is 0.0760. The largest absolute Gasteiger partial charge is 0.493 e. The van der Waals surface area contributed by atoms with Crippen LogP contribution in [-0.4, -0.2) is 60.9 Å². The normalized spacial score (nSPS) is 19.6. The van der Waals surface area contributed by atoms with Crippen LogP contribution in [0.2, 0.25) is 0 Å². The molecule has 0 aliphatic carbocycles. The predicted octanol–water partition coefficient (Wildman–Crippen LogP) is 1.26. The molecule has 172 valence electrons. The molecule has 9 nitrogen and oxygen atoms in total. The Balaban J connectivity index is 1.32. The first kappa shape index (κ1) is 20.6. The van der Waals surface area contributed by atoms with Gasteiger partial charge in [-0.05, 0) is 30.3 Å². The molecule has 0 radical (unpaired) electrons. The molecule has 0 spiro atoms. The van der Waals surface area contributed by atoms with Crippen molar-refractivity contribution in [3.05, 3.63) is 59.3 Å². The van der Waals surface area contributed by atoms with E-state index in [2.05, 4.69) is 0 Å². The Morgan fingerprint density at radius 2 is 1.71 bits per heavy atom. The van der Waals surface area contributed by atoms with Crippen molar-refractivity contribution in [1.82, 2.24) is 0 Å². The number of carbonyl (C=O) groups excluding carboxylic acids is 3. The molecule has 0 bridgehead atoms. The van der Waals surface area contributed by atoms with Gasteiger partial charge < -0.3 is 25.0 Å². The average molecular weight is 459 g/mol. The number of morpholine rings is 1. The van der Waals surface area contributed by atoms with Crippen LogP contribution < -0.4 is 20.3 Å². The summed E-state index contributed by atoms with van der Waals surface area (Å²) in [7, 11) is 0. The topological polar surface area (TPSA) is 105 Å². The van der Waals surface area contributed by atoms with Crippen LogP contribution in [0.5, 0.6) is 5.75 Å². The number of nitrogens with zero attached hydrogens (tertiary/aromatic N) is 3. The number of carbonyl (C=O) groups is 3. The van der Waals surface area contributed by atoms with Gasteiger partial charge >= 0.3 is 11.8 Å². The summed E-state index contributed by atoms with van der Waals surface area (Å²) in [4.78, 5) is 41.3. The summed E-state index contributed by atoms with van der Waals surface area (Å²) in [6.45, 7) is 2.14. The molecule has 2 aromatic carbocycles. The summed E-state index contributed by atoms with van der Waals surface area (Å²) in [5, 5.41) is 0. The van der Waals surface area contributed by atoms with Crippen LogP contribution in [0.15, 0.2) is 53.7 Å². The van der Waals surface area contributed by atoms with Gasteiger partial charge in [0.25, 0.3) is 17.3 Å². The van der Waals surface area contributed by atoms with E-state index in [1.807, 2.05) is 42.5 Å². The molecule has 4 aliphatic heterocycles. The Kier molecular flexibility index (Phi) is 4.73. The van der Waals surface area contributed by atoms with Crippen LogP contribution in [0.1, 0.15) is 12.0 Å². The van der Waals surface area contributed by atoms with Gasteiger partial charge in [-0.2, -0.15) is 0 Å². The average Bonchev–Trinajstić information content (AvgIpc) is 3.28. The molecule has 3 amide bonds. The van der Waals surface area contributed by atoms with Gasteiger partial charge in [0.15, 0.2) is 0 Å². The van der Waals surface area contributed by atoms with Gasteiger partial charge in [-0.25, -0.2) is 0 Å². The molecule has 0 saturated carbocycles.